The number of aliphatic imine (C=N–C) groups is 1. The number of rotatable bonds is 7. The molecule has 0 amide bonds. The summed E-state index contributed by atoms with van der Waals surface area (Å²) < 4.78 is 40.3. The van der Waals surface area contributed by atoms with Crippen LogP contribution in [0.1, 0.15) is 16.7 Å². The summed E-state index contributed by atoms with van der Waals surface area (Å²) in [5.74, 6) is 0.00380. The fraction of sp³-hybridized carbons (Fsp3) is 0.316. The first-order valence-corrected chi connectivity index (χ1v) is 8.33. The first kappa shape index (κ1) is 20.6. The van der Waals surface area contributed by atoms with Crippen LogP contribution < -0.4 is 15.8 Å². The molecule has 0 aromatic heterocycles. The zero-order valence-electron chi connectivity index (χ0n) is 15.3. The third-order valence-corrected chi connectivity index (χ3v) is 3.65. The Bertz CT molecular complexity index is 758. The Morgan fingerprint density at radius 2 is 1.70 bits per heavy atom. The van der Waals surface area contributed by atoms with Gasteiger partial charge in [-0.15, -0.1) is 13.2 Å². The van der Waals surface area contributed by atoms with Crippen molar-refractivity contribution >= 4 is 5.96 Å². The SMILES string of the molecule is CN(C)Cc1ccccc1CNC(N)=NCc1ccc(OC(F)(F)F)cc1. The summed E-state index contributed by atoms with van der Waals surface area (Å²) in [5, 5.41) is 3.06. The van der Waals surface area contributed by atoms with Gasteiger partial charge in [-0.25, -0.2) is 4.99 Å². The van der Waals surface area contributed by atoms with Gasteiger partial charge < -0.3 is 20.7 Å². The van der Waals surface area contributed by atoms with E-state index in [4.69, 9.17) is 5.73 Å². The third kappa shape index (κ3) is 7.57. The molecule has 2 aromatic rings. The average Bonchev–Trinajstić information content (AvgIpc) is 2.58. The normalized spacial score (nSPS) is 12.3. The van der Waals surface area contributed by atoms with Gasteiger partial charge in [0.1, 0.15) is 5.75 Å². The van der Waals surface area contributed by atoms with Gasteiger partial charge >= 0.3 is 6.36 Å². The third-order valence-electron chi connectivity index (χ3n) is 3.65. The van der Waals surface area contributed by atoms with Crippen LogP contribution in [0.2, 0.25) is 0 Å². The van der Waals surface area contributed by atoms with E-state index < -0.39 is 6.36 Å². The standard InChI is InChI=1S/C19H23F3N4O/c1-26(2)13-16-6-4-3-5-15(16)12-25-18(23)24-11-14-7-9-17(10-8-14)27-19(20,21)22/h3-10H,11-13H2,1-2H3,(H3,23,24,25). The van der Waals surface area contributed by atoms with Crippen molar-refractivity contribution in [2.24, 2.45) is 10.7 Å². The van der Waals surface area contributed by atoms with E-state index in [0.717, 1.165) is 17.7 Å². The molecule has 0 aliphatic carbocycles. The summed E-state index contributed by atoms with van der Waals surface area (Å²) in [6.45, 7) is 1.61. The lowest BCUT2D eigenvalue weighted by molar-refractivity contribution is -0.274. The van der Waals surface area contributed by atoms with Crippen molar-refractivity contribution in [3.63, 3.8) is 0 Å². The van der Waals surface area contributed by atoms with Gasteiger partial charge in [-0.1, -0.05) is 36.4 Å². The lowest BCUT2D eigenvalue weighted by atomic mass is 10.1. The number of halogens is 3. The van der Waals surface area contributed by atoms with Crippen LogP contribution in [0, 0.1) is 0 Å². The maximum Gasteiger partial charge on any atom is 0.573 e. The Labute approximate surface area is 156 Å². The average molecular weight is 380 g/mol. The summed E-state index contributed by atoms with van der Waals surface area (Å²) in [6.07, 6.45) is -4.70. The predicted molar refractivity (Wildman–Crippen MR) is 99.1 cm³/mol. The molecule has 3 N–H and O–H groups in total. The summed E-state index contributed by atoms with van der Waals surface area (Å²) >= 11 is 0. The molecule has 27 heavy (non-hydrogen) atoms. The molecule has 0 radical (unpaired) electrons. The molecule has 0 saturated carbocycles. The van der Waals surface area contributed by atoms with Crippen LogP contribution in [0.4, 0.5) is 13.2 Å². The quantitative estimate of drug-likeness (QED) is 0.572. The van der Waals surface area contributed by atoms with Crippen molar-refractivity contribution in [3.05, 3.63) is 65.2 Å². The zero-order chi connectivity index (χ0) is 19.9. The van der Waals surface area contributed by atoms with Crippen molar-refractivity contribution in [3.8, 4) is 5.75 Å². The van der Waals surface area contributed by atoms with Crippen LogP contribution >= 0.6 is 0 Å². The number of hydrogen-bond acceptors (Lipinski definition) is 3. The van der Waals surface area contributed by atoms with Crippen LogP contribution in [-0.2, 0) is 19.6 Å². The van der Waals surface area contributed by atoms with Crippen molar-refractivity contribution < 1.29 is 17.9 Å². The second kappa shape index (κ2) is 9.27. The minimum atomic E-state index is -4.70. The highest BCUT2D eigenvalue weighted by Gasteiger charge is 2.30. The van der Waals surface area contributed by atoms with E-state index in [-0.39, 0.29) is 18.3 Å². The molecule has 0 unspecified atom stereocenters. The van der Waals surface area contributed by atoms with Gasteiger partial charge in [-0.05, 0) is 42.9 Å². The Balaban J connectivity index is 1.90. The minimum absolute atomic E-state index is 0.254. The molecule has 146 valence electrons. The summed E-state index contributed by atoms with van der Waals surface area (Å²) in [5.41, 5.74) is 8.93. The minimum Gasteiger partial charge on any atom is -0.406 e. The molecule has 2 rings (SSSR count). The first-order chi connectivity index (χ1) is 12.7. The molecule has 8 heteroatoms. The van der Waals surface area contributed by atoms with E-state index in [1.54, 1.807) is 0 Å². The molecule has 0 atom stereocenters. The molecule has 2 aromatic carbocycles. The van der Waals surface area contributed by atoms with Gasteiger partial charge in [0, 0.05) is 13.1 Å². The van der Waals surface area contributed by atoms with Crippen LogP contribution in [0.15, 0.2) is 53.5 Å². The van der Waals surface area contributed by atoms with E-state index in [1.807, 2.05) is 32.3 Å². The number of nitrogens with two attached hydrogens (primary N) is 1. The molecular weight excluding hydrogens is 357 g/mol. The molecule has 5 nitrogen and oxygen atoms in total. The second-order valence-corrected chi connectivity index (χ2v) is 6.25. The number of hydrogen-bond donors (Lipinski definition) is 2. The fourth-order valence-corrected chi connectivity index (χ4v) is 2.44. The highest BCUT2D eigenvalue weighted by atomic mass is 19.4. The number of nitrogens with one attached hydrogen (secondary N) is 1. The molecule has 0 aliphatic heterocycles. The second-order valence-electron chi connectivity index (χ2n) is 6.25. The molecule has 0 saturated heterocycles. The van der Waals surface area contributed by atoms with E-state index >= 15 is 0 Å². The smallest absolute Gasteiger partial charge is 0.406 e. The topological polar surface area (TPSA) is 62.9 Å². The predicted octanol–water partition coefficient (Wildman–Crippen LogP) is 3.25. The lowest BCUT2D eigenvalue weighted by Gasteiger charge is -2.15. The van der Waals surface area contributed by atoms with E-state index in [9.17, 15) is 13.2 Å². The van der Waals surface area contributed by atoms with E-state index in [2.05, 4.69) is 26.0 Å². The molecule has 0 fully saturated rings. The maximum absolute atomic E-state index is 12.1. The van der Waals surface area contributed by atoms with Crippen molar-refractivity contribution in [1.82, 2.24) is 10.2 Å². The Kier molecular flexibility index (Phi) is 7.06. The van der Waals surface area contributed by atoms with Crippen LogP contribution in [0.5, 0.6) is 5.75 Å². The largest absolute Gasteiger partial charge is 0.573 e. The lowest BCUT2D eigenvalue weighted by Crippen LogP contribution is -2.31. The van der Waals surface area contributed by atoms with Crippen LogP contribution in [0.25, 0.3) is 0 Å². The first-order valence-electron chi connectivity index (χ1n) is 8.33. The summed E-state index contributed by atoms with van der Waals surface area (Å²) in [6, 6.07) is 13.6. The Morgan fingerprint density at radius 3 is 2.30 bits per heavy atom. The van der Waals surface area contributed by atoms with Crippen LogP contribution in [0.3, 0.4) is 0 Å². The molecule has 0 aliphatic rings. The number of guanidine groups is 1. The van der Waals surface area contributed by atoms with Crippen LogP contribution in [-0.4, -0.2) is 31.3 Å². The van der Waals surface area contributed by atoms with Crippen molar-refractivity contribution in [1.29, 1.82) is 0 Å². The van der Waals surface area contributed by atoms with Gasteiger partial charge in [0.2, 0.25) is 0 Å². The number of alkyl halides is 3. The summed E-state index contributed by atoms with van der Waals surface area (Å²) in [7, 11) is 4.01. The number of ether oxygens (including phenoxy) is 1. The van der Waals surface area contributed by atoms with E-state index in [0.29, 0.717) is 6.54 Å². The molecule has 0 spiro atoms. The highest BCUT2D eigenvalue weighted by molar-refractivity contribution is 5.77. The van der Waals surface area contributed by atoms with Crippen molar-refractivity contribution in [2.45, 2.75) is 26.0 Å². The molecule has 0 bridgehead atoms. The maximum atomic E-state index is 12.1. The monoisotopic (exact) mass is 380 g/mol. The fourth-order valence-electron chi connectivity index (χ4n) is 2.44. The highest BCUT2D eigenvalue weighted by Crippen LogP contribution is 2.22. The van der Waals surface area contributed by atoms with Gasteiger partial charge in [-0.3, -0.25) is 0 Å². The Morgan fingerprint density at radius 1 is 1.07 bits per heavy atom. The number of benzene rings is 2. The zero-order valence-corrected chi connectivity index (χ0v) is 15.3. The number of nitrogens with zero attached hydrogens (tertiary/aromatic N) is 2. The van der Waals surface area contributed by atoms with Crippen molar-refractivity contribution in [2.75, 3.05) is 14.1 Å². The van der Waals surface area contributed by atoms with E-state index in [1.165, 1.54) is 29.8 Å². The van der Waals surface area contributed by atoms with Gasteiger partial charge in [0.15, 0.2) is 5.96 Å². The van der Waals surface area contributed by atoms with Gasteiger partial charge in [0.25, 0.3) is 0 Å². The van der Waals surface area contributed by atoms with Gasteiger partial charge in [0.05, 0.1) is 6.54 Å². The summed E-state index contributed by atoms with van der Waals surface area (Å²) in [4.78, 5) is 6.30. The van der Waals surface area contributed by atoms with Gasteiger partial charge in [-0.2, -0.15) is 0 Å². The Hall–Kier alpha value is -2.74. The molecular formula is C19H23F3N4O. The molecule has 0 heterocycles.